The number of rotatable bonds is 8. The van der Waals surface area contributed by atoms with Gasteiger partial charge < -0.3 is 15.2 Å². The van der Waals surface area contributed by atoms with Crippen molar-refractivity contribution in [2.75, 3.05) is 12.0 Å². The first-order chi connectivity index (χ1) is 18.5. The van der Waals surface area contributed by atoms with Gasteiger partial charge in [0.15, 0.2) is 0 Å². The van der Waals surface area contributed by atoms with Crippen LogP contribution >= 0.6 is 0 Å². The van der Waals surface area contributed by atoms with Crippen molar-refractivity contribution >= 4 is 17.5 Å². The number of methoxy groups -OCH3 is 1. The molecule has 10 heteroatoms. The summed E-state index contributed by atoms with van der Waals surface area (Å²) < 4.78 is 5.29. The van der Waals surface area contributed by atoms with Crippen LogP contribution in [0.5, 0.6) is 11.5 Å². The van der Waals surface area contributed by atoms with E-state index in [1.54, 1.807) is 43.5 Å². The van der Waals surface area contributed by atoms with E-state index >= 15 is 0 Å². The molecule has 0 saturated carbocycles. The highest BCUT2D eigenvalue weighted by Crippen LogP contribution is 2.31. The smallest absolute Gasteiger partial charge is 0.251 e. The number of carbonyl (C=O) groups excluding carboxylic acids is 2. The molecule has 39 heavy (non-hydrogen) atoms. The van der Waals surface area contributed by atoms with Crippen molar-refractivity contribution in [1.82, 2.24) is 25.5 Å². The molecule has 0 spiro atoms. The number of carbonyl (C=O) groups is 2. The number of benzene rings is 3. The Kier molecular flexibility index (Phi) is 7.94. The number of nitrogens with zero attached hydrogens (tertiary/aromatic N) is 5. The summed E-state index contributed by atoms with van der Waals surface area (Å²) in [6, 6.07) is 19.7. The van der Waals surface area contributed by atoms with Gasteiger partial charge in [-0.25, -0.2) is 0 Å². The van der Waals surface area contributed by atoms with Gasteiger partial charge in [-0.15, -0.1) is 10.2 Å². The van der Waals surface area contributed by atoms with Crippen LogP contribution in [-0.4, -0.2) is 49.8 Å². The third-order valence-electron chi connectivity index (χ3n) is 5.87. The van der Waals surface area contributed by atoms with E-state index < -0.39 is 17.5 Å². The van der Waals surface area contributed by atoms with Crippen LogP contribution in [0.4, 0.5) is 5.69 Å². The maximum absolute atomic E-state index is 13.9. The van der Waals surface area contributed by atoms with E-state index in [0.717, 1.165) is 11.1 Å². The van der Waals surface area contributed by atoms with E-state index in [4.69, 9.17) is 4.74 Å². The average Bonchev–Trinajstić information content (AvgIpc) is 3.35. The van der Waals surface area contributed by atoms with Crippen molar-refractivity contribution in [2.24, 2.45) is 0 Å². The summed E-state index contributed by atoms with van der Waals surface area (Å²) in [6.07, 6.45) is 0. The Balaban J connectivity index is 1.74. The molecule has 4 rings (SSSR count). The lowest BCUT2D eigenvalue weighted by Crippen LogP contribution is -2.50. The fourth-order valence-corrected chi connectivity index (χ4v) is 4.02. The van der Waals surface area contributed by atoms with Crippen LogP contribution in [-0.2, 0) is 16.1 Å². The fraction of sp³-hybridized carbons (Fsp3) is 0.276. The highest BCUT2D eigenvalue weighted by atomic mass is 16.5. The lowest BCUT2D eigenvalue weighted by molar-refractivity contribution is -0.128. The lowest BCUT2D eigenvalue weighted by Gasteiger charge is -2.33. The summed E-state index contributed by atoms with van der Waals surface area (Å²) in [6.45, 7) is 7.32. The van der Waals surface area contributed by atoms with Gasteiger partial charge in [0.1, 0.15) is 24.1 Å². The van der Waals surface area contributed by atoms with Gasteiger partial charge in [0, 0.05) is 16.8 Å². The fourth-order valence-electron chi connectivity index (χ4n) is 4.02. The molecule has 3 aromatic carbocycles. The van der Waals surface area contributed by atoms with E-state index in [-0.39, 0.29) is 18.2 Å². The second-order valence-corrected chi connectivity index (χ2v) is 10.2. The van der Waals surface area contributed by atoms with Gasteiger partial charge in [-0.2, -0.15) is 4.80 Å². The highest BCUT2D eigenvalue weighted by Gasteiger charge is 2.35. The predicted octanol–water partition coefficient (Wildman–Crippen LogP) is 4.05. The summed E-state index contributed by atoms with van der Waals surface area (Å²) in [5.41, 5.74) is 2.31. The Bertz CT molecular complexity index is 1420. The van der Waals surface area contributed by atoms with Crippen LogP contribution in [0.15, 0.2) is 72.8 Å². The minimum absolute atomic E-state index is 0.0477. The van der Waals surface area contributed by atoms with E-state index in [9.17, 15) is 14.7 Å². The molecule has 0 fully saturated rings. The molecule has 2 N–H and O–H groups in total. The van der Waals surface area contributed by atoms with Crippen molar-refractivity contribution in [3.8, 4) is 22.9 Å². The van der Waals surface area contributed by atoms with Gasteiger partial charge in [0.25, 0.3) is 5.91 Å². The molecule has 0 aliphatic heterocycles. The number of anilines is 1. The molecule has 1 aromatic heterocycles. The van der Waals surface area contributed by atoms with Gasteiger partial charge in [-0.05, 0) is 74.9 Å². The summed E-state index contributed by atoms with van der Waals surface area (Å²) in [7, 11) is 1.55. The predicted molar refractivity (Wildman–Crippen MR) is 147 cm³/mol. The first kappa shape index (κ1) is 27.3. The number of hydrogen-bond acceptors (Lipinski definition) is 7. The molecule has 0 saturated heterocycles. The summed E-state index contributed by atoms with van der Waals surface area (Å²) >= 11 is 0. The van der Waals surface area contributed by atoms with Crippen molar-refractivity contribution in [3.05, 3.63) is 83.9 Å². The van der Waals surface area contributed by atoms with Crippen molar-refractivity contribution in [3.63, 3.8) is 0 Å². The molecular weight excluding hydrogens is 496 g/mol. The molecular formula is C29H32N6O4. The van der Waals surface area contributed by atoms with E-state index in [2.05, 4.69) is 20.7 Å². The van der Waals surface area contributed by atoms with Crippen LogP contribution in [0, 0.1) is 6.92 Å². The van der Waals surface area contributed by atoms with E-state index in [1.165, 1.54) is 21.8 Å². The average molecular weight is 529 g/mol. The number of amides is 2. The number of ether oxygens (including phenoxy) is 1. The number of phenols is 1. The van der Waals surface area contributed by atoms with Crippen LogP contribution < -0.4 is 15.0 Å². The van der Waals surface area contributed by atoms with E-state index in [1.807, 2.05) is 52.0 Å². The molecule has 202 valence electrons. The quantitative estimate of drug-likeness (QED) is 0.354. The SMILES string of the molecule is COc1ccc(N(C(=O)Cn2nnc(-c3ccc(C)cc3)n2)[C@H](C(=O)NC(C)(C)C)c2ccc(O)cc2)cc1. The Hall–Kier alpha value is -4.73. The standard InChI is InChI=1S/C29H32N6O4/c1-19-6-8-21(9-7-19)27-31-33-34(32-27)18-25(37)35(22-12-16-24(39-5)17-13-22)26(28(38)30-29(2,3)4)20-10-14-23(36)15-11-20/h6-17,26,36H,18H2,1-5H3,(H,30,38)/t26-/m0/s1. The van der Waals surface area contributed by atoms with Crippen LogP contribution in [0.3, 0.4) is 0 Å². The Morgan fingerprint density at radius 2 is 1.64 bits per heavy atom. The number of hydrogen-bond donors (Lipinski definition) is 2. The first-order valence-corrected chi connectivity index (χ1v) is 12.5. The van der Waals surface area contributed by atoms with Crippen molar-refractivity contribution < 1.29 is 19.4 Å². The Morgan fingerprint density at radius 3 is 2.23 bits per heavy atom. The number of aromatic nitrogens is 4. The number of nitrogens with one attached hydrogen (secondary N) is 1. The maximum Gasteiger partial charge on any atom is 0.251 e. The first-order valence-electron chi connectivity index (χ1n) is 12.5. The molecule has 0 aliphatic carbocycles. The van der Waals surface area contributed by atoms with Crippen molar-refractivity contribution in [1.29, 1.82) is 0 Å². The zero-order valence-electron chi connectivity index (χ0n) is 22.6. The monoisotopic (exact) mass is 528 g/mol. The molecule has 1 atom stereocenters. The second-order valence-electron chi connectivity index (χ2n) is 10.2. The topological polar surface area (TPSA) is 122 Å². The van der Waals surface area contributed by atoms with E-state index in [0.29, 0.717) is 22.8 Å². The third kappa shape index (κ3) is 6.78. The van der Waals surface area contributed by atoms with Crippen LogP contribution in [0.25, 0.3) is 11.4 Å². The number of tetrazole rings is 1. The molecule has 4 aromatic rings. The molecule has 2 amide bonds. The minimum atomic E-state index is -1.05. The Morgan fingerprint density at radius 1 is 1.00 bits per heavy atom. The van der Waals surface area contributed by atoms with Crippen LogP contribution in [0.2, 0.25) is 0 Å². The number of aryl methyl sites for hydroxylation is 1. The van der Waals surface area contributed by atoms with Crippen LogP contribution in [0.1, 0.15) is 37.9 Å². The van der Waals surface area contributed by atoms with Gasteiger partial charge >= 0.3 is 0 Å². The normalized spacial score (nSPS) is 12.0. The number of phenolic OH excluding ortho intramolecular Hbond substituents is 1. The largest absolute Gasteiger partial charge is 0.508 e. The third-order valence-corrected chi connectivity index (χ3v) is 5.87. The van der Waals surface area contributed by atoms with Gasteiger partial charge in [0.05, 0.1) is 7.11 Å². The second kappa shape index (κ2) is 11.3. The minimum Gasteiger partial charge on any atom is -0.508 e. The number of aromatic hydroxyl groups is 1. The van der Waals surface area contributed by atoms with Crippen molar-refractivity contribution in [2.45, 2.75) is 45.8 Å². The van der Waals surface area contributed by atoms with Gasteiger partial charge in [0.2, 0.25) is 11.7 Å². The molecule has 0 bridgehead atoms. The highest BCUT2D eigenvalue weighted by molar-refractivity contribution is 6.01. The summed E-state index contributed by atoms with van der Waals surface area (Å²) in [4.78, 5) is 30.3. The lowest BCUT2D eigenvalue weighted by atomic mass is 10.0. The molecule has 1 heterocycles. The Labute approximate surface area is 227 Å². The van der Waals surface area contributed by atoms with Gasteiger partial charge in [-0.3, -0.25) is 14.5 Å². The summed E-state index contributed by atoms with van der Waals surface area (Å²) in [5.74, 6) is 0.220. The summed E-state index contributed by atoms with van der Waals surface area (Å²) in [5, 5.41) is 25.4. The molecule has 0 radical (unpaired) electrons. The zero-order chi connectivity index (χ0) is 28.2. The zero-order valence-corrected chi connectivity index (χ0v) is 22.6. The molecule has 0 unspecified atom stereocenters. The van der Waals surface area contributed by atoms with Gasteiger partial charge in [-0.1, -0.05) is 42.0 Å². The maximum atomic E-state index is 13.9. The molecule has 10 nitrogen and oxygen atoms in total. The molecule has 0 aliphatic rings.